The van der Waals surface area contributed by atoms with Crippen LogP contribution in [-0.2, 0) is 13.5 Å². The summed E-state index contributed by atoms with van der Waals surface area (Å²) in [7, 11) is 3.15. The zero-order chi connectivity index (χ0) is 24.0. The van der Waals surface area contributed by atoms with Gasteiger partial charge in [-0.15, -0.1) is 0 Å². The van der Waals surface area contributed by atoms with Crippen molar-refractivity contribution in [2.24, 2.45) is 7.05 Å². The normalized spacial score (nSPS) is 18.0. The molecule has 0 saturated carbocycles. The molecule has 2 aromatic heterocycles. The van der Waals surface area contributed by atoms with Crippen LogP contribution in [0.1, 0.15) is 29.3 Å². The largest absolute Gasteiger partial charge is 0.497 e. The lowest BCUT2D eigenvalue weighted by molar-refractivity contribution is -0.385. The summed E-state index contributed by atoms with van der Waals surface area (Å²) in [5, 5.41) is 21.3. The predicted octanol–water partition coefficient (Wildman–Crippen LogP) is 2.53. The third-order valence-electron chi connectivity index (χ3n) is 6.96. The molecule has 3 heterocycles. The monoisotopic (exact) mass is 460 g/mol. The van der Waals surface area contributed by atoms with Crippen molar-refractivity contribution in [3.8, 4) is 11.8 Å². The maximum absolute atomic E-state index is 12.9. The summed E-state index contributed by atoms with van der Waals surface area (Å²) in [6, 6.07) is 11.6. The van der Waals surface area contributed by atoms with Crippen molar-refractivity contribution in [1.82, 2.24) is 14.5 Å². The molecule has 2 aliphatic rings. The number of aromatic nitrogens is 2. The smallest absolute Gasteiger partial charge is 0.359 e. The number of benzene rings is 1. The fraction of sp³-hybridized carbons (Fsp3) is 0.375. The van der Waals surface area contributed by atoms with Gasteiger partial charge in [0.1, 0.15) is 23.0 Å². The second-order valence-electron chi connectivity index (χ2n) is 8.64. The molecule has 34 heavy (non-hydrogen) atoms. The van der Waals surface area contributed by atoms with E-state index in [4.69, 9.17) is 4.74 Å². The van der Waals surface area contributed by atoms with Gasteiger partial charge in [0, 0.05) is 39.3 Å². The fourth-order valence-corrected chi connectivity index (χ4v) is 5.23. The van der Waals surface area contributed by atoms with Crippen LogP contribution in [-0.4, -0.2) is 52.7 Å². The van der Waals surface area contributed by atoms with E-state index in [1.165, 1.54) is 28.8 Å². The number of nitrogens with zero attached hydrogens (tertiary/aromatic N) is 6. The first-order valence-electron chi connectivity index (χ1n) is 11.2. The van der Waals surface area contributed by atoms with Crippen molar-refractivity contribution in [2.75, 3.05) is 38.2 Å². The quantitative estimate of drug-likeness (QED) is 0.431. The first kappa shape index (κ1) is 21.9. The third-order valence-corrected chi connectivity index (χ3v) is 6.96. The molecule has 10 nitrogen and oxygen atoms in total. The standard InChI is InChI=1S/C24H24N6O4/c1-27-20-8-5-16(14-25)26-21(20)22(23(24(27)31)30(32)33)29-11-9-28(10-12-29)19-7-4-15-3-6-17(34-2)13-18(15)19/h3,5-6,8,13,19H,4,7,9-12H2,1-2H3. The number of nitro groups is 1. The number of hydrogen-bond donors (Lipinski definition) is 0. The van der Waals surface area contributed by atoms with E-state index in [1.807, 2.05) is 17.0 Å². The maximum Gasteiger partial charge on any atom is 0.359 e. The number of pyridine rings is 2. The van der Waals surface area contributed by atoms with Gasteiger partial charge < -0.3 is 14.2 Å². The van der Waals surface area contributed by atoms with Crippen molar-refractivity contribution >= 4 is 22.4 Å². The molecule has 1 atom stereocenters. The highest BCUT2D eigenvalue weighted by Gasteiger charge is 2.35. The van der Waals surface area contributed by atoms with E-state index in [1.54, 1.807) is 13.2 Å². The van der Waals surface area contributed by atoms with Gasteiger partial charge in [-0.1, -0.05) is 6.07 Å². The van der Waals surface area contributed by atoms with Crippen LogP contribution in [0.25, 0.3) is 11.0 Å². The Hall–Kier alpha value is -3.97. The van der Waals surface area contributed by atoms with Crippen LogP contribution in [0.4, 0.5) is 11.4 Å². The minimum absolute atomic E-state index is 0.150. The second kappa shape index (κ2) is 8.43. The molecule has 3 aromatic rings. The first-order valence-corrected chi connectivity index (χ1v) is 11.2. The molecule has 0 amide bonds. The minimum Gasteiger partial charge on any atom is -0.497 e. The zero-order valence-corrected chi connectivity index (χ0v) is 19.0. The summed E-state index contributed by atoms with van der Waals surface area (Å²) >= 11 is 0. The summed E-state index contributed by atoms with van der Waals surface area (Å²) in [5.74, 6) is 0.839. The van der Waals surface area contributed by atoms with Gasteiger partial charge >= 0.3 is 11.2 Å². The van der Waals surface area contributed by atoms with Gasteiger partial charge in [0.2, 0.25) is 0 Å². The Labute approximate surface area is 195 Å². The van der Waals surface area contributed by atoms with E-state index in [-0.39, 0.29) is 17.4 Å². The number of fused-ring (bicyclic) bond motifs is 2. The van der Waals surface area contributed by atoms with E-state index >= 15 is 0 Å². The predicted molar refractivity (Wildman–Crippen MR) is 126 cm³/mol. The number of nitriles is 1. The van der Waals surface area contributed by atoms with E-state index in [0.29, 0.717) is 37.2 Å². The molecule has 174 valence electrons. The number of ether oxygens (including phenoxy) is 1. The van der Waals surface area contributed by atoms with Crippen molar-refractivity contribution in [3.63, 3.8) is 0 Å². The SMILES string of the molecule is COc1ccc2c(c1)C(N1CCN(c3c([N+](=O)[O-])c(=O)n(C)c4ccc(C#N)nc34)CC1)CC2. The Kier molecular flexibility index (Phi) is 5.42. The van der Waals surface area contributed by atoms with Crippen LogP contribution in [0.3, 0.4) is 0 Å². The van der Waals surface area contributed by atoms with Crippen LogP contribution in [0, 0.1) is 21.4 Å². The highest BCUT2D eigenvalue weighted by molar-refractivity contribution is 5.94. The Morgan fingerprint density at radius 3 is 2.65 bits per heavy atom. The van der Waals surface area contributed by atoms with Crippen LogP contribution < -0.4 is 15.2 Å². The molecule has 5 rings (SSSR count). The van der Waals surface area contributed by atoms with Gasteiger partial charge in [0.15, 0.2) is 5.69 Å². The first-order chi connectivity index (χ1) is 16.4. The van der Waals surface area contributed by atoms with E-state index in [9.17, 15) is 20.2 Å². The molecule has 1 aromatic carbocycles. The Morgan fingerprint density at radius 2 is 1.97 bits per heavy atom. The highest BCUT2D eigenvalue weighted by atomic mass is 16.6. The van der Waals surface area contributed by atoms with Crippen LogP contribution >= 0.6 is 0 Å². The lowest BCUT2D eigenvalue weighted by atomic mass is 10.1. The van der Waals surface area contributed by atoms with Crippen LogP contribution in [0.15, 0.2) is 35.1 Å². The topological polar surface area (TPSA) is 118 Å². The molecule has 0 spiro atoms. The molecule has 0 radical (unpaired) electrons. The summed E-state index contributed by atoms with van der Waals surface area (Å²) in [6.07, 6.45) is 2.03. The van der Waals surface area contributed by atoms with Gasteiger partial charge in [0.25, 0.3) is 0 Å². The molecular weight excluding hydrogens is 436 g/mol. The molecule has 1 fully saturated rings. The summed E-state index contributed by atoms with van der Waals surface area (Å²) in [5.41, 5.74) is 2.54. The number of aryl methyl sites for hydroxylation is 2. The van der Waals surface area contributed by atoms with Crippen LogP contribution in [0.5, 0.6) is 5.75 Å². The van der Waals surface area contributed by atoms with E-state index in [0.717, 1.165) is 18.6 Å². The summed E-state index contributed by atoms with van der Waals surface area (Å²) in [4.78, 5) is 32.8. The van der Waals surface area contributed by atoms with Crippen LogP contribution in [0.2, 0.25) is 0 Å². The third kappa shape index (κ3) is 3.45. The Bertz CT molecular complexity index is 1400. The molecule has 0 bridgehead atoms. The second-order valence-corrected chi connectivity index (χ2v) is 8.64. The molecular formula is C24H24N6O4. The molecule has 1 aliphatic heterocycles. The van der Waals surface area contributed by atoms with Crippen molar-refractivity contribution in [1.29, 1.82) is 5.26 Å². The fourth-order valence-electron chi connectivity index (χ4n) is 5.23. The number of methoxy groups -OCH3 is 1. The lowest BCUT2D eigenvalue weighted by Gasteiger charge is -2.39. The lowest BCUT2D eigenvalue weighted by Crippen LogP contribution is -2.48. The van der Waals surface area contributed by atoms with E-state index in [2.05, 4.69) is 22.0 Å². The van der Waals surface area contributed by atoms with Crippen molar-refractivity contribution < 1.29 is 9.66 Å². The number of rotatable bonds is 4. The van der Waals surface area contributed by atoms with Gasteiger partial charge in [-0.3, -0.25) is 19.8 Å². The minimum atomic E-state index is -0.682. The average molecular weight is 460 g/mol. The van der Waals surface area contributed by atoms with Gasteiger partial charge in [0.05, 0.1) is 17.5 Å². The molecule has 1 saturated heterocycles. The molecule has 10 heteroatoms. The zero-order valence-electron chi connectivity index (χ0n) is 19.0. The van der Waals surface area contributed by atoms with Gasteiger partial charge in [-0.05, 0) is 48.2 Å². The number of hydrogen-bond acceptors (Lipinski definition) is 8. The molecule has 1 unspecified atom stereocenters. The highest BCUT2D eigenvalue weighted by Crippen LogP contribution is 2.39. The Balaban J connectivity index is 1.50. The molecule has 1 aliphatic carbocycles. The number of piperazine rings is 1. The average Bonchev–Trinajstić information content (AvgIpc) is 3.28. The van der Waals surface area contributed by atoms with E-state index < -0.39 is 16.2 Å². The maximum atomic E-state index is 12.9. The summed E-state index contributed by atoms with van der Waals surface area (Å²) in [6.45, 7) is 2.40. The van der Waals surface area contributed by atoms with Gasteiger partial charge in [-0.25, -0.2) is 4.98 Å². The van der Waals surface area contributed by atoms with Crippen molar-refractivity contribution in [2.45, 2.75) is 18.9 Å². The Morgan fingerprint density at radius 1 is 1.21 bits per heavy atom. The van der Waals surface area contributed by atoms with Crippen molar-refractivity contribution in [3.05, 3.63) is 67.6 Å². The molecule has 0 N–H and O–H groups in total. The summed E-state index contributed by atoms with van der Waals surface area (Å²) < 4.78 is 6.64. The number of anilines is 1. The van der Waals surface area contributed by atoms with Gasteiger partial charge in [-0.2, -0.15) is 5.26 Å².